The van der Waals surface area contributed by atoms with Gasteiger partial charge in [-0.15, -0.1) is 10.2 Å². The van der Waals surface area contributed by atoms with Crippen molar-refractivity contribution in [2.45, 2.75) is 31.2 Å². The minimum Gasteiger partial charge on any atom is -0.497 e. The van der Waals surface area contributed by atoms with Crippen molar-refractivity contribution >= 4 is 23.4 Å². The first kappa shape index (κ1) is 22.6. The molecule has 0 fully saturated rings. The first-order valence-electron chi connectivity index (χ1n) is 10.7. The van der Waals surface area contributed by atoms with Gasteiger partial charge in [0.2, 0.25) is 5.91 Å². The molecule has 168 valence electrons. The molecule has 7 heteroatoms. The van der Waals surface area contributed by atoms with Crippen LogP contribution >= 0.6 is 11.8 Å². The number of methoxy groups -OCH3 is 1. The number of ether oxygens (including phenoxy) is 1. The summed E-state index contributed by atoms with van der Waals surface area (Å²) in [5, 5.41) is 12.2. The monoisotopic (exact) mass is 458 g/mol. The molecule has 0 radical (unpaired) electrons. The Hall–Kier alpha value is -3.58. The number of nitrogens with one attached hydrogen (secondary N) is 1. The molecule has 0 aliphatic heterocycles. The van der Waals surface area contributed by atoms with E-state index < -0.39 is 0 Å². The third-order valence-electron chi connectivity index (χ3n) is 5.38. The molecule has 0 saturated carbocycles. The molecule has 6 nitrogen and oxygen atoms in total. The number of rotatable bonds is 7. The van der Waals surface area contributed by atoms with Gasteiger partial charge in [0.1, 0.15) is 5.75 Å². The second-order valence-electron chi connectivity index (χ2n) is 7.72. The molecule has 0 aliphatic rings. The van der Waals surface area contributed by atoms with E-state index in [0.717, 1.165) is 33.8 Å². The Labute approximate surface area is 198 Å². The number of amides is 1. The van der Waals surface area contributed by atoms with Gasteiger partial charge in [-0.2, -0.15) is 0 Å². The summed E-state index contributed by atoms with van der Waals surface area (Å²) >= 11 is 1.38. The van der Waals surface area contributed by atoms with E-state index in [1.165, 1.54) is 11.8 Å². The van der Waals surface area contributed by atoms with Crippen LogP contribution in [0, 0.1) is 13.8 Å². The summed E-state index contributed by atoms with van der Waals surface area (Å²) in [4.78, 5) is 13.0. The zero-order chi connectivity index (χ0) is 23.4. The molecule has 0 saturated heterocycles. The standard InChI is InChI=1S/C26H26N4O2S/c1-17-9-8-10-18(2)23(17)27-25(31)19(3)33-26-29-28-24(20-11-6-5-7-12-20)30(26)21-13-15-22(32-4)16-14-21/h5-16,19H,1-4H3,(H,27,31). The number of hydrogen-bond acceptors (Lipinski definition) is 5. The Bertz CT molecular complexity index is 1230. The fourth-order valence-corrected chi connectivity index (χ4v) is 4.40. The summed E-state index contributed by atoms with van der Waals surface area (Å²) in [6.07, 6.45) is 0. The van der Waals surface area contributed by atoms with Crippen molar-refractivity contribution in [3.8, 4) is 22.8 Å². The van der Waals surface area contributed by atoms with Crippen LogP contribution in [0.5, 0.6) is 5.75 Å². The average Bonchev–Trinajstić information content (AvgIpc) is 3.25. The average molecular weight is 459 g/mol. The zero-order valence-electron chi connectivity index (χ0n) is 19.1. The van der Waals surface area contributed by atoms with Crippen LogP contribution in [0.25, 0.3) is 17.1 Å². The summed E-state index contributed by atoms with van der Waals surface area (Å²) in [5.74, 6) is 1.40. The predicted molar refractivity (Wildman–Crippen MR) is 133 cm³/mol. The maximum Gasteiger partial charge on any atom is 0.237 e. The molecule has 4 aromatic rings. The highest BCUT2D eigenvalue weighted by molar-refractivity contribution is 8.00. The third-order valence-corrected chi connectivity index (χ3v) is 6.42. The summed E-state index contributed by atoms with van der Waals surface area (Å²) < 4.78 is 7.28. The second kappa shape index (κ2) is 9.92. The lowest BCUT2D eigenvalue weighted by molar-refractivity contribution is -0.115. The fraction of sp³-hybridized carbons (Fsp3) is 0.192. The van der Waals surface area contributed by atoms with Gasteiger partial charge < -0.3 is 10.1 Å². The Morgan fingerprint density at radius 1 is 0.939 bits per heavy atom. The number of hydrogen-bond donors (Lipinski definition) is 1. The molecule has 1 N–H and O–H groups in total. The van der Waals surface area contributed by atoms with Crippen molar-refractivity contribution in [2.75, 3.05) is 12.4 Å². The maximum atomic E-state index is 13.0. The summed E-state index contributed by atoms with van der Waals surface area (Å²) in [6.45, 7) is 5.86. The number of benzene rings is 3. The van der Waals surface area contributed by atoms with Crippen LogP contribution < -0.4 is 10.1 Å². The van der Waals surface area contributed by atoms with E-state index in [1.807, 2.05) is 98.1 Å². The number of carbonyl (C=O) groups is 1. The number of aryl methyl sites for hydroxylation is 2. The normalized spacial score (nSPS) is 11.8. The Morgan fingerprint density at radius 2 is 1.61 bits per heavy atom. The Morgan fingerprint density at radius 3 is 2.24 bits per heavy atom. The molecule has 3 aromatic carbocycles. The van der Waals surface area contributed by atoms with Crippen LogP contribution in [0.3, 0.4) is 0 Å². The summed E-state index contributed by atoms with van der Waals surface area (Å²) in [5.41, 5.74) is 4.77. The highest BCUT2D eigenvalue weighted by atomic mass is 32.2. The SMILES string of the molecule is COc1ccc(-n2c(SC(C)C(=O)Nc3c(C)cccc3C)nnc2-c2ccccc2)cc1. The lowest BCUT2D eigenvalue weighted by Gasteiger charge is -2.16. The van der Waals surface area contributed by atoms with Crippen LogP contribution in [0.2, 0.25) is 0 Å². The third kappa shape index (κ3) is 4.93. The Balaban J connectivity index is 1.65. The fourth-order valence-electron chi connectivity index (χ4n) is 3.53. The van der Waals surface area contributed by atoms with Gasteiger partial charge in [-0.3, -0.25) is 9.36 Å². The first-order chi connectivity index (χ1) is 16.0. The number of carbonyl (C=O) groups excluding carboxylic acids is 1. The minimum atomic E-state index is -0.381. The van der Waals surface area contributed by atoms with Crippen LogP contribution in [-0.4, -0.2) is 33.0 Å². The Kier molecular flexibility index (Phi) is 6.79. The van der Waals surface area contributed by atoms with Gasteiger partial charge in [0.05, 0.1) is 12.4 Å². The van der Waals surface area contributed by atoms with Gasteiger partial charge in [-0.05, 0) is 56.2 Å². The van der Waals surface area contributed by atoms with Crippen molar-refractivity contribution < 1.29 is 9.53 Å². The summed E-state index contributed by atoms with van der Waals surface area (Å²) in [6, 6.07) is 23.6. The van der Waals surface area contributed by atoms with E-state index in [-0.39, 0.29) is 11.2 Å². The number of para-hydroxylation sites is 1. The summed E-state index contributed by atoms with van der Waals surface area (Å²) in [7, 11) is 1.64. The van der Waals surface area contributed by atoms with Crippen LogP contribution in [-0.2, 0) is 4.79 Å². The molecule has 1 amide bonds. The topological polar surface area (TPSA) is 69.0 Å². The molecule has 0 bridgehead atoms. The van der Waals surface area contributed by atoms with Crippen molar-refractivity contribution in [3.05, 3.63) is 83.9 Å². The number of aromatic nitrogens is 3. The van der Waals surface area contributed by atoms with E-state index in [1.54, 1.807) is 7.11 Å². The minimum absolute atomic E-state index is 0.0806. The van der Waals surface area contributed by atoms with Gasteiger partial charge >= 0.3 is 0 Å². The number of anilines is 1. The highest BCUT2D eigenvalue weighted by Gasteiger charge is 2.22. The van der Waals surface area contributed by atoms with E-state index in [2.05, 4.69) is 15.5 Å². The smallest absolute Gasteiger partial charge is 0.237 e. The molecule has 0 aliphatic carbocycles. The van der Waals surface area contributed by atoms with Gasteiger partial charge in [0.25, 0.3) is 0 Å². The maximum absolute atomic E-state index is 13.0. The highest BCUT2D eigenvalue weighted by Crippen LogP contribution is 2.31. The molecule has 1 heterocycles. The molecule has 0 spiro atoms. The molecule has 33 heavy (non-hydrogen) atoms. The van der Waals surface area contributed by atoms with Crippen molar-refractivity contribution in [3.63, 3.8) is 0 Å². The lowest BCUT2D eigenvalue weighted by atomic mass is 10.1. The quantitative estimate of drug-likeness (QED) is 0.361. The van der Waals surface area contributed by atoms with E-state index in [9.17, 15) is 4.79 Å². The number of thioether (sulfide) groups is 1. The number of nitrogens with zero attached hydrogens (tertiary/aromatic N) is 3. The lowest BCUT2D eigenvalue weighted by Crippen LogP contribution is -2.23. The van der Waals surface area contributed by atoms with Gasteiger partial charge in [0, 0.05) is 16.9 Å². The molecule has 1 atom stereocenters. The zero-order valence-corrected chi connectivity index (χ0v) is 19.9. The van der Waals surface area contributed by atoms with Crippen LogP contribution in [0.15, 0.2) is 78.0 Å². The van der Waals surface area contributed by atoms with Crippen molar-refractivity contribution in [1.82, 2.24) is 14.8 Å². The first-order valence-corrected chi connectivity index (χ1v) is 11.5. The second-order valence-corrected chi connectivity index (χ2v) is 9.03. The van der Waals surface area contributed by atoms with E-state index >= 15 is 0 Å². The van der Waals surface area contributed by atoms with Gasteiger partial charge in [-0.1, -0.05) is 60.3 Å². The van der Waals surface area contributed by atoms with E-state index in [4.69, 9.17) is 4.74 Å². The van der Waals surface area contributed by atoms with Crippen LogP contribution in [0.1, 0.15) is 18.1 Å². The molecule has 1 aromatic heterocycles. The molecule has 1 unspecified atom stereocenters. The predicted octanol–water partition coefficient (Wildman–Crippen LogP) is 5.68. The molecule has 4 rings (SSSR count). The van der Waals surface area contributed by atoms with E-state index in [0.29, 0.717) is 11.0 Å². The molecular weight excluding hydrogens is 432 g/mol. The van der Waals surface area contributed by atoms with Crippen LogP contribution in [0.4, 0.5) is 5.69 Å². The van der Waals surface area contributed by atoms with Crippen molar-refractivity contribution in [2.24, 2.45) is 0 Å². The largest absolute Gasteiger partial charge is 0.497 e. The van der Waals surface area contributed by atoms with Gasteiger partial charge in [-0.25, -0.2) is 0 Å². The van der Waals surface area contributed by atoms with Gasteiger partial charge in [0.15, 0.2) is 11.0 Å². The van der Waals surface area contributed by atoms with Crippen molar-refractivity contribution in [1.29, 1.82) is 0 Å². The molecular formula is C26H26N4O2S.